The van der Waals surface area contributed by atoms with Crippen molar-refractivity contribution in [1.82, 2.24) is 30.2 Å². The number of ether oxygens (including phenoxy) is 4. The van der Waals surface area contributed by atoms with Crippen molar-refractivity contribution < 1.29 is 51.0 Å². The largest absolute Gasteiger partial charge is 0.497 e. The van der Waals surface area contributed by atoms with Crippen molar-refractivity contribution in [2.45, 2.75) is 107 Å². The summed E-state index contributed by atoms with van der Waals surface area (Å²) in [7, 11) is -2.36. The number of carbonyl (C=O) groups is 4. The van der Waals surface area contributed by atoms with E-state index in [0.29, 0.717) is 67.5 Å². The number of oxazole rings is 1. The van der Waals surface area contributed by atoms with Crippen LogP contribution in [-0.2, 0) is 33.9 Å². The highest BCUT2D eigenvalue weighted by Gasteiger charge is 2.62. The van der Waals surface area contributed by atoms with E-state index in [9.17, 15) is 27.6 Å². The number of nitrogens with one attached hydrogen (secondary N) is 3. The molecule has 4 amide bonds. The quantitative estimate of drug-likeness (QED) is 0.299. The van der Waals surface area contributed by atoms with Crippen LogP contribution in [0.5, 0.6) is 11.6 Å². The van der Waals surface area contributed by atoms with Gasteiger partial charge in [-0.3, -0.25) is 19.1 Å². The Morgan fingerprint density at radius 3 is 2.54 bits per heavy atom. The highest BCUT2D eigenvalue weighted by Crippen LogP contribution is 2.48. The number of hydrogen-bond acceptors (Lipinski definition) is 13. The predicted molar refractivity (Wildman–Crippen MR) is 200 cm³/mol. The second-order valence-corrected chi connectivity index (χ2v) is 17.8. The lowest BCUT2D eigenvalue weighted by Gasteiger charge is -2.30. The average molecular weight is 797 g/mol. The molecule has 5 atom stereocenters. The van der Waals surface area contributed by atoms with Crippen LogP contribution in [0.4, 0.5) is 4.79 Å². The van der Waals surface area contributed by atoms with Crippen LogP contribution >= 0.6 is 0 Å². The molecule has 2 aromatic heterocycles. The van der Waals surface area contributed by atoms with Crippen LogP contribution < -0.4 is 24.8 Å². The number of pyridine rings is 1. The molecule has 7 rings (SSSR count). The third kappa shape index (κ3) is 8.70. The Balaban J connectivity index is 1.22. The lowest BCUT2D eigenvalue weighted by molar-refractivity contribution is -0.141. The van der Waals surface area contributed by atoms with Crippen molar-refractivity contribution in [3.63, 3.8) is 0 Å². The molecule has 56 heavy (non-hydrogen) atoms. The SMILES string of the molecule is COc1ccc2c(O[C@@H]3C[C@H]4C(=O)N[C@]5(C(=O)NS(=O)(=O)C6CC6)C[C@H]5CCCOCCC[C@H](NC(=O)OC(C)(C)C)C(=O)N4C3)nc(-c3ncco3)cc2c1. The number of fused-ring (bicyclic) bond motifs is 3. The Morgan fingerprint density at radius 2 is 1.84 bits per heavy atom. The first-order chi connectivity index (χ1) is 26.7. The van der Waals surface area contributed by atoms with Crippen molar-refractivity contribution >= 4 is 44.6 Å². The minimum absolute atomic E-state index is 0.00879. The number of rotatable bonds is 8. The Kier molecular flexibility index (Phi) is 10.9. The van der Waals surface area contributed by atoms with E-state index >= 15 is 0 Å². The molecular weight excluding hydrogens is 749 g/mol. The summed E-state index contributed by atoms with van der Waals surface area (Å²) >= 11 is 0. The highest BCUT2D eigenvalue weighted by atomic mass is 32.2. The number of aromatic nitrogens is 2. The van der Waals surface area contributed by atoms with Gasteiger partial charge in [0.05, 0.1) is 25.1 Å². The van der Waals surface area contributed by atoms with E-state index < -0.39 is 68.4 Å². The molecule has 0 unspecified atom stereocenters. The van der Waals surface area contributed by atoms with Crippen molar-refractivity contribution in [2.24, 2.45) is 5.92 Å². The van der Waals surface area contributed by atoms with E-state index in [1.54, 1.807) is 46.1 Å². The molecule has 0 bridgehead atoms. The third-order valence-electron chi connectivity index (χ3n) is 10.4. The average Bonchev–Trinajstić information content (AvgIpc) is 4.00. The first-order valence-corrected chi connectivity index (χ1v) is 20.5. The van der Waals surface area contributed by atoms with Crippen LogP contribution in [0.25, 0.3) is 22.4 Å². The van der Waals surface area contributed by atoms with Gasteiger partial charge in [0, 0.05) is 25.0 Å². The zero-order valence-corrected chi connectivity index (χ0v) is 32.7. The molecule has 4 aliphatic rings. The van der Waals surface area contributed by atoms with E-state index in [0.717, 1.165) is 0 Å². The number of amides is 4. The Bertz CT molecular complexity index is 2080. The zero-order chi connectivity index (χ0) is 39.8. The van der Waals surface area contributed by atoms with Crippen LogP contribution in [0.15, 0.2) is 41.1 Å². The lowest BCUT2D eigenvalue weighted by Crippen LogP contribution is -2.58. The zero-order valence-electron chi connectivity index (χ0n) is 31.9. The smallest absolute Gasteiger partial charge is 0.408 e. The molecule has 2 aliphatic carbocycles. The van der Waals surface area contributed by atoms with Gasteiger partial charge in [-0.25, -0.2) is 23.2 Å². The summed E-state index contributed by atoms with van der Waals surface area (Å²) in [5, 5.41) is 6.27. The van der Waals surface area contributed by atoms with Crippen LogP contribution in [0.2, 0.25) is 0 Å². The summed E-state index contributed by atoms with van der Waals surface area (Å²) in [4.78, 5) is 66.1. The molecule has 2 saturated carbocycles. The van der Waals surface area contributed by atoms with Crippen molar-refractivity contribution in [2.75, 3.05) is 26.9 Å². The summed E-state index contributed by atoms with van der Waals surface area (Å²) in [6.07, 6.45) is 4.13. The molecule has 2 aliphatic heterocycles. The summed E-state index contributed by atoms with van der Waals surface area (Å²) in [5.74, 6) is -1.31. The minimum atomic E-state index is -3.91. The molecule has 4 fully saturated rings. The summed E-state index contributed by atoms with van der Waals surface area (Å²) < 4.78 is 56.8. The second-order valence-electron chi connectivity index (χ2n) is 15.9. The maximum atomic E-state index is 14.5. The minimum Gasteiger partial charge on any atom is -0.497 e. The van der Waals surface area contributed by atoms with Gasteiger partial charge in [-0.15, -0.1) is 0 Å². The van der Waals surface area contributed by atoms with Gasteiger partial charge in [-0.2, -0.15) is 0 Å². The molecule has 302 valence electrons. The number of carbonyl (C=O) groups excluding carboxylic acids is 4. The van der Waals surface area contributed by atoms with Crippen LogP contribution in [0.1, 0.15) is 72.1 Å². The van der Waals surface area contributed by atoms with Crippen molar-refractivity contribution in [3.8, 4) is 23.2 Å². The fourth-order valence-corrected chi connectivity index (χ4v) is 8.76. The van der Waals surface area contributed by atoms with Gasteiger partial charge in [0.25, 0.3) is 5.91 Å². The van der Waals surface area contributed by atoms with Crippen LogP contribution in [-0.4, -0.2) is 109 Å². The summed E-state index contributed by atoms with van der Waals surface area (Å²) in [5.41, 5.74) is -1.96. The Morgan fingerprint density at radius 1 is 1.07 bits per heavy atom. The summed E-state index contributed by atoms with van der Waals surface area (Å²) in [6, 6.07) is 4.88. The molecule has 18 heteroatoms. The van der Waals surface area contributed by atoms with Gasteiger partial charge in [-0.1, -0.05) is 0 Å². The molecule has 3 N–H and O–H groups in total. The van der Waals surface area contributed by atoms with Gasteiger partial charge in [-0.05, 0) is 101 Å². The number of benzene rings is 1. The van der Waals surface area contributed by atoms with Gasteiger partial charge in [0.15, 0.2) is 0 Å². The number of hydrogen-bond donors (Lipinski definition) is 3. The van der Waals surface area contributed by atoms with E-state index in [1.807, 2.05) is 6.07 Å². The van der Waals surface area contributed by atoms with Gasteiger partial charge in [0.1, 0.15) is 47.0 Å². The van der Waals surface area contributed by atoms with E-state index in [1.165, 1.54) is 17.4 Å². The van der Waals surface area contributed by atoms with Gasteiger partial charge >= 0.3 is 6.09 Å². The molecule has 2 saturated heterocycles. The molecule has 0 radical (unpaired) electrons. The molecule has 3 aromatic rings. The lowest BCUT2D eigenvalue weighted by atomic mass is 10.1. The van der Waals surface area contributed by atoms with E-state index in [2.05, 4.69) is 20.3 Å². The number of methoxy groups -OCH3 is 1. The Hall–Kier alpha value is -4.97. The Labute approximate surface area is 324 Å². The molecular formula is C38H48N6O11S. The van der Waals surface area contributed by atoms with Crippen LogP contribution in [0.3, 0.4) is 0 Å². The fraction of sp³-hybridized carbons (Fsp3) is 0.579. The molecule has 0 spiro atoms. The second kappa shape index (κ2) is 15.5. The van der Waals surface area contributed by atoms with E-state index in [4.69, 9.17) is 28.3 Å². The number of alkyl carbamates (subject to hydrolysis) is 1. The fourth-order valence-electron chi connectivity index (χ4n) is 7.40. The molecule has 4 heterocycles. The monoisotopic (exact) mass is 796 g/mol. The van der Waals surface area contributed by atoms with Crippen molar-refractivity contribution in [3.05, 3.63) is 36.7 Å². The first kappa shape index (κ1) is 39.3. The number of nitrogens with zero attached hydrogens (tertiary/aromatic N) is 3. The van der Waals surface area contributed by atoms with Gasteiger partial charge < -0.3 is 38.9 Å². The molecule has 1 aromatic carbocycles. The first-order valence-electron chi connectivity index (χ1n) is 19.0. The maximum absolute atomic E-state index is 14.5. The van der Waals surface area contributed by atoms with Crippen LogP contribution in [0, 0.1) is 5.92 Å². The number of sulfonamides is 1. The predicted octanol–water partition coefficient (Wildman–Crippen LogP) is 3.21. The maximum Gasteiger partial charge on any atom is 0.408 e. The van der Waals surface area contributed by atoms with Gasteiger partial charge in [0.2, 0.25) is 33.6 Å². The summed E-state index contributed by atoms with van der Waals surface area (Å²) in [6.45, 7) is 5.70. The topological polar surface area (TPSA) is 218 Å². The highest BCUT2D eigenvalue weighted by molar-refractivity contribution is 7.91. The van der Waals surface area contributed by atoms with Crippen molar-refractivity contribution in [1.29, 1.82) is 0 Å². The molecule has 17 nitrogen and oxygen atoms in total. The standard InChI is InChI=1S/C38H48N6O11S/c1-37(2,3)55-36(48)41-28-8-6-15-52-14-5-7-23-20-38(23,35(47)43-56(49,50)26-10-11-26)42-31(45)30-19-25(21-44(30)34(28)46)54-32-27-12-9-24(51-4)17-22(27)18-29(40-32)33-39-13-16-53-33/h9,12-13,16-18,23,25-26,28,30H,5-8,10-11,14-15,19-21H2,1-4H3,(H,41,48)(H,42,45)(H,43,47)/t23-,25-,28+,30+,38-/m1/s1. The van der Waals surface area contributed by atoms with E-state index in [-0.39, 0.29) is 43.5 Å². The third-order valence-corrected chi connectivity index (χ3v) is 12.3. The normalized spacial score (nSPS) is 26.2.